The number of nitrogens with zero attached hydrogens (tertiary/aromatic N) is 7. The van der Waals surface area contributed by atoms with Crippen LogP contribution in [0.5, 0.6) is 0 Å². The number of fused-ring (bicyclic) bond motifs is 2. The Morgan fingerprint density at radius 2 is 1.64 bits per heavy atom. The molecule has 1 aromatic carbocycles. The highest BCUT2D eigenvalue weighted by molar-refractivity contribution is 5.76. The summed E-state index contributed by atoms with van der Waals surface area (Å²) in [4.78, 5) is 18.3. The van der Waals surface area contributed by atoms with Gasteiger partial charge in [-0.15, -0.1) is 0 Å². The van der Waals surface area contributed by atoms with Crippen LogP contribution in [0.25, 0.3) is 28.4 Å². The smallest absolute Gasteiger partial charge is 0.222 e. The first-order valence-corrected chi connectivity index (χ1v) is 9.26. The van der Waals surface area contributed by atoms with Crippen LogP contribution in [-0.4, -0.2) is 33.5 Å². The Morgan fingerprint density at radius 1 is 0.893 bits per heavy atom. The molecule has 0 bridgehead atoms. The molecule has 4 heterocycles. The van der Waals surface area contributed by atoms with Gasteiger partial charge in [-0.3, -0.25) is 13.5 Å². The van der Waals surface area contributed by atoms with Gasteiger partial charge in [-0.2, -0.15) is 0 Å². The lowest BCUT2D eigenvalue weighted by Crippen LogP contribution is -2.10. The number of hydrogen-bond donors (Lipinski definition) is 0. The van der Waals surface area contributed by atoms with Crippen molar-refractivity contribution in [3.05, 3.63) is 65.3 Å². The fourth-order valence-electron chi connectivity index (χ4n) is 4.10. The maximum absolute atomic E-state index is 4.93. The first-order chi connectivity index (χ1) is 13.5. The van der Waals surface area contributed by atoms with E-state index >= 15 is 0 Å². The SMILES string of the molecule is Cc1cccc(C)c1-n1c(-n2c(C)cn3c(C)nc(C)c23)nc2cncnc21. The number of aromatic nitrogens is 7. The Hall–Kier alpha value is -3.48. The van der Waals surface area contributed by atoms with Crippen LogP contribution in [0.1, 0.15) is 28.3 Å². The Bertz CT molecular complexity index is 1350. The lowest BCUT2D eigenvalue weighted by Gasteiger charge is -2.15. The highest BCUT2D eigenvalue weighted by Gasteiger charge is 2.23. The van der Waals surface area contributed by atoms with Gasteiger partial charge in [0.15, 0.2) is 5.65 Å². The van der Waals surface area contributed by atoms with Crippen molar-refractivity contribution in [2.75, 3.05) is 0 Å². The molecule has 0 spiro atoms. The normalized spacial score (nSPS) is 11.8. The van der Waals surface area contributed by atoms with Crippen molar-refractivity contribution in [1.82, 2.24) is 33.5 Å². The predicted octanol–water partition coefficient (Wildman–Crippen LogP) is 3.80. The molecule has 0 aliphatic heterocycles. The van der Waals surface area contributed by atoms with Crippen LogP contribution >= 0.6 is 0 Å². The molecule has 0 fully saturated rings. The number of para-hydroxylation sites is 1. The third-order valence-corrected chi connectivity index (χ3v) is 5.28. The monoisotopic (exact) mass is 371 g/mol. The van der Waals surface area contributed by atoms with Gasteiger partial charge in [0.05, 0.1) is 17.6 Å². The lowest BCUT2D eigenvalue weighted by molar-refractivity contribution is 0.886. The van der Waals surface area contributed by atoms with E-state index in [0.29, 0.717) is 0 Å². The molecule has 7 nitrogen and oxygen atoms in total. The van der Waals surface area contributed by atoms with Gasteiger partial charge in [-0.05, 0) is 45.7 Å². The highest BCUT2D eigenvalue weighted by Crippen LogP contribution is 2.30. The van der Waals surface area contributed by atoms with E-state index in [9.17, 15) is 0 Å². The van der Waals surface area contributed by atoms with E-state index in [0.717, 1.165) is 45.7 Å². The Morgan fingerprint density at radius 3 is 2.39 bits per heavy atom. The van der Waals surface area contributed by atoms with Crippen molar-refractivity contribution >= 4 is 16.8 Å². The second-order valence-corrected chi connectivity index (χ2v) is 7.26. The molecule has 0 atom stereocenters. The van der Waals surface area contributed by atoms with E-state index in [1.165, 1.54) is 11.1 Å². The standard InChI is InChI=1S/C21H21N7/c1-12-7-6-8-13(2)18(12)28-19-17(9-22-11-23-19)25-21(28)27-14(3)10-26-16(5)24-15(4)20(26)27/h6-11H,1-5H3. The second kappa shape index (κ2) is 5.76. The van der Waals surface area contributed by atoms with Gasteiger partial charge in [0.25, 0.3) is 0 Å². The number of imidazole rings is 3. The van der Waals surface area contributed by atoms with Crippen molar-refractivity contribution in [2.24, 2.45) is 0 Å². The summed E-state index contributed by atoms with van der Waals surface area (Å²) in [5, 5.41) is 0. The molecule has 0 aliphatic rings. The van der Waals surface area contributed by atoms with Crippen molar-refractivity contribution in [3.8, 4) is 11.6 Å². The van der Waals surface area contributed by atoms with Crippen LogP contribution < -0.4 is 0 Å². The Balaban J connectivity index is 1.97. The number of aryl methyl sites for hydroxylation is 5. The van der Waals surface area contributed by atoms with E-state index in [-0.39, 0.29) is 0 Å². The van der Waals surface area contributed by atoms with E-state index in [2.05, 4.69) is 73.7 Å². The quantitative estimate of drug-likeness (QED) is 0.473. The van der Waals surface area contributed by atoms with Gasteiger partial charge in [0.2, 0.25) is 5.95 Å². The van der Waals surface area contributed by atoms with Crippen LogP contribution in [0.3, 0.4) is 0 Å². The highest BCUT2D eigenvalue weighted by atomic mass is 15.3. The molecule has 5 rings (SSSR count). The first-order valence-electron chi connectivity index (χ1n) is 9.26. The summed E-state index contributed by atoms with van der Waals surface area (Å²) < 4.78 is 6.41. The summed E-state index contributed by atoms with van der Waals surface area (Å²) in [7, 11) is 0. The van der Waals surface area contributed by atoms with Crippen LogP contribution in [0.15, 0.2) is 36.9 Å². The molecule has 0 radical (unpaired) electrons. The van der Waals surface area contributed by atoms with Crippen molar-refractivity contribution in [1.29, 1.82) is 0 Å². The molecule has 0 aliphatic carbocycles. The van der Waals surface area contributed by atoms with Crippen LogP contribution in [0.2, 0.25) is 0 Å². The lowest BCUT2D eigenvalue weighted by atomic mass is 10.1. The minimum atomic E-state index is 0.764. The van der Waals surface area contributed by atoms with Crippen molar-refractivity contribution < 1.29 is 0 Å². The molecule has 28 heavy (non-hydrogen) atoms. The average molecular weight is 371 g/mol. The molecular formula is C21H21N7. The zero-order chi connectivity index (χ0) is 19.6. The molecule has 4 aromatic heterocycles. The molecule has 140 valence electrons. The largest absolute Gasteiger partial charge is 0.287 e. The predicted molar refractivity (Wildman–Crippen MR) is 108 cm³/mol. The average Bonchev–Trinajstić information content (AvgIpc) is 3.27. The summed E-state index contributed by atoms with van der Waals surface area (Å²) >= 11 is 0. The minimum absolute atomic E-state index is 0.764. The molecule has 0 amide bonds. The third-order valence-electron chi connectivity index (χ3n) is 5.28. The summed E-state index contributed by atoms with van der Waals surface area (Å²) in [6.45, 7) is 10.4. The van der Waals surface area contributed by atoms with Crippen LogP contribution in [0, 0.1) is 34.6 Å². The fourth-order valence-corrected chi connectivity index (χ4v) is 4.10. The molecule has 5 aromatic rings. The van der Waals surface area contributed by atoms with E-state index in [1.807, 2.05) is 13.8 Å². The topological polar surface area (TPSA) is 65.8 Å². The zero-order valence-corrected chi connectivity index (χ0v) is 16.6. The van der Waals surface area contributed by atoms with Gasteiger partial charge in [0.1, 0.15) is 23.3 Å². The number of hydrogen-bond acceptors (Lipinski definition) is 4. The van der Waals surface area contributed by atoms with E-state index in [4.69, 9.17) is 4.98 Å². The van der Waals surface area contributed by atoms with Crippen LogP contribution in [-0.2, 0) is 0 Å². The Labute approximate surface area is 162 Å². The minimum Gasteiger partial charge on any atom is -0.287 e. The van der Waals surface area contributed by atoms with Gasteiger partial charge >= 0.3 is 0 Å². The molecule has 0 N–H and O–H groups in total. The zero-order valence-electron chi connectivity index (χ0n) is 16.6. The molecule has 0 saturated heterocycles. The van der Waals surface area contributed by atoms with Crippen molar-refractivity contribution in [3.63, 3.8) is 0 Å². The molecule has 7 heteroatoms. The second-order valence-electron chi connectivity index (χ2n) is 7.26. The molecule has 0 unspecified atom stereocenters. The summed E-state index contributed by atoms with van der Waals surface area (Å²) in [6, 6.07) is 6.31. The summed E-state index contributed by atoms with van der Waals surface area (Å²) in [5.41, 5.74) is 8.06. The maximum atomic E-state index is 4.93. The number of rotatable bonds is 2. The summed E-state index contributed by atoms with van der Waals surface area (Å²) in [6.07, 6.45) is 5.44. The van der Waals surface area contributed by atoms with E-state index in [1.54, 1.807) is 12.5 Å². The van der Waals surface area contributed by atoms with Gasteiger partial charge in [-0.25, -0.2) is 19.9 Å². The van der Waals surface area contributed by atoms with Gasteiger partial charge < -0.3 is 0 Å². The van der Waals surface area contributed by atoms with Gasteiger partial charge in [0, 0.05) is 11.9 Å². The third kappa shape index (κ3) is 2.16. The Kier molecular flexibility index (Phi) is 3.43. The van der Waals surface area contributed by atoms with E-state index < -0.39 is 0 Å². The molecule has 0 saturated carbocycles. The fraction of sp³-hybridized carbons (Fsp3) is 0.238. The first kappa shape index (κ1) is 16.7. The molecular weight excluding hydrogens is 350 g/mol. The maximum Gasteiger partial charge on any atom is 0.222 e. The van der Waals surface area contributed by atoms with Gasteiger partial charge in [-0.1, -0.05) is 18.2 Å². The van der Waals surface area contributed by atoms with Crippen LogP contribution in [0.4, 0.5) is 0 Å². The summed E-state index contributed by atoms with van der Waals surface area (Å²) in [5.74, 6) is 1.76. The van der Waals surface area contributed by atoms with Crippen molar-refractivity contribution in [2.45, 2.75) is 34.6 Å². The number of benzene rings is 1.